The van der Waals surface area contributed by atoms with Gasteiger partial charge in [-0.25, -0.2) is 0 Å². The van der Waals surface area contributed by atoms with Crippen LogP contribution < -0.4 is 0 Å². The molecule has 1 aliphatic heterocycles. The smallest absolute Gasteiger partial charge is 0.248 e. The molecular formula is C15H23NO2. The van der Waals surface area contributed by atoms with Crippen LogP contribution in [-0.2, 0) is 24.2 Å². The summed E-state index contributed by atoms with van der Waals surface area (Å²) in [6, 6.07) is 6.49. The largest absolute Gasteiger partial charge is 0.387 e. The second kappa shape index (κ2) is 7.17. The van der Waals surface area contributed by atoms with Crippen LogP contribution in [0.1, 0.15) is 37.5 Å². The van der Waals surface area contributed by atoms with Crippen LogP contribution in [-0.4, -0.2) is 29.1 Å². The number of rotatable bonds is 2. The number of aliphatic hydroxyl groups is 1. The molecule has 0 aliphatic carbocycles. The minimum absolute atomic E-state index is 0.174. The third-order valence-electron chi connectivity index (χ3n) is 3.18. The molecule has 0 saturated heterocycles. The number of hydrogen-bond donors (Lipinski definition) is 1. The highest BCUT2D eigenvalue weighted by Gasteiger charge is 2.19. The van der Waals surface area contributed by atoms with E-state index in [9.17, 15) is 4.79 Å². The van der Waals surface area contributed by atoms with Gasteiger partial charge in [-0.1, -0.05) is 39.0 Å². The van der Waals surface area contributed by atoms with Crippen LogP contribution in [0.2, 0.25) is 0 Å². The summed E-state index contributed by atoms with van der Waals surface area (Å²) >= 11 is 0. The highest BCUT2D eigenvalue weighted by molar-refractivity contribution is 5.77. The van der Waals surface area contributed by atoms with Crippen molar-refractivity contribution in [1.82, 2.24) is 4.90 Å². The first kappa shape index (κ1) is 14.7. The van der Waals surface area contributed by atoms with E-state index >= 15 is 0 Å². The summed E-state index contributed by atoms with van der Waals surface area (Å²) in [6.45, 7) is 7.10. The Morgan fingerprint density at radius 3 is 2.67 bits per heavy atom. The number of amides is 1. The number of benzene rings is 1. The quantitative estimate of drug-likeness (QED) is 0.872. The van der Waals surface area contributed by atoms with Gasteiger partial charge in [0.25, 0.3) is 0 Å². The van der Waals surface area contributed by atoms with Gasteiger partial charge in [0.1, 0.15) is 6.61 Å². The molecule has 1 aromatic rings. The van der Waals surface area contributed by atoms with E-state index in [0.29, 0.717) is 6.54 Å². The van der Waals surface area contributed by atoms with Crippen molar-refractivity contribution in [2.24, 2.45) is 0 Å². The van der Waals surface area contributed by atoms with Crippen molar-refractivity contribution in [2.75, 3.05) is 13.2 Å². The third kappa shape index (κ3) is 3.33. The molecule has 0 unspecified atom stereocenters. The second-order valence-corrected chi connectivity index (χ2v) is 4.18. The maximum atomic E-state index is 11.4. The lowest BCUT2D eigenvalue weighted by molar-refractivity contribution is -0.135. The van der Waals surface area contributed by atoms with Crippen molar-refractivity contribution < 1.29 is 9.90 Å². The molecule has 0 atom stereocenters. The molecule has 0 saturated carbocycles. The molecule has 1 aliphatic rings. The van der Waals surface area contributed by atoms with Crippen LogP contribution in [0.3, 0.4) is 0 Å². The lowest BCUT2D eigenvalue weighted by atomic mass is 9.96. The standard InChI is InChI=1S/C13H17NO2.C2H6/c1-2-10-3-4-11-5-6-14(13(16)9-15)8-12(11)7-10;1-2/h3-4,7,15H,2,5-6,8-9H2,1H3;1-2H3. The van der Waals surface area contributed by atoms with Crippen molar-refractivity contribution in [3.05, 3.63) is 34.9 Å². The van der Waals surface area contributed by atoms with E-state index in [2.05, 4.69) is 25.1 Å². The number of carbonyl (C=O) groups excluding carboxylic acids is 1. The topological polar surface area (TPSA) is 40.5 Å². The van der Waals surface area contributed by atoms with Gasteiger partial charge in [0, 0.05) is 13.1 Å². The van der Waals surface area contributed by atoms with Crippen LogP contribution in [0.4, 0.5) is 0 Å². The minimum atomic E-state index is -0.386. The summed E-state index contributed by atoms with van der Waals surface area (Å²) in [5, 5.41) is 8.84. The summed E-state index contributed by atoms with van der Waals surface area (Å²) in [5.41, 5.74) is 3.86. The number of carbonyl (C=O) groups is 1. The lowest BCUT2D eigenvalue weighted by Crippen LogP contribution is -2.37. The number of hydrogen-bond acceptors (Lipinski definition) is 2. The normalized spacial score (nSPS) is 13.4. The van der Waals surface area contributed by atoms with Gasteiger partial charge < -0.3 is 10.0 Å². The summed E-state index contributed by atoms with van der Waals surface area (Å²) in [4.78, 5) is 13.1. The van der Waals surface area contributed by atoms with Crippen molar-refractivity contribution in [3.63, 3.8) is 0 Å². The Hall–Kier alpha value is -1.35. The number of fused-ring (bicyclic) bond motifs is 1. The zero-order chi connectivity index (χ0) is 13.5. The molecule has 0 fully saturated rings. The summed E-state index contributed by atoms with van der Waals surface area (Å²) in [5.74, 6) is -0.174. The molecule has 0 radical (unpaired) electrons. The van der Waals surface area contributed by atoms with Gasteiger partial charge in [-0.15, -0.1) is 0 Å². The van der Waals surface area contributed by atoms with Crippen LogP contribution in [0.15, 0.2) is 18.2 Å². The van der Waals surface area contributed by atoms with Crippen LogP contribution >= 0.6 is 0 Å². The predicted octanol–water partition coefficient (Wildman–Crippen LogP) is 2.15. The van der Waals surface area contributed by atoms with E-state index in [-0.39, 0.29) is 12.5 Å². The van der Waals surface area contributed by atoms with Crippen LogP contribution in [0.5, 0.6) is 0 Å². The van der Waals surface area contributed by atoms with E-state index in [0.717, 1.165) is 19.4 Å². The predicted molar refractivity (Wildman–Crippen MR) is 73.4 cm³/mol. The summed E-state index contributed by atoms with van der Waals surface area (Å²) < 4.78 is 0. The molecule has 100 valence electrons. The summed E-state index contributed by atoms with van der Waals surface area (Å²) in [7, 11) is 0. The Morgan fingerprint density at radius 1 is 1.33 bits per heavy atom. The molecule has 2 rings (SSSR count). The Bertz CT molecular complexity index is 401. The van der Waals surface area contributed by atoms with E-state index in [1.54, 1.807) is 4.90 Å². The first-order valence-electron chi connectivity index (χ1n) is 6.74. The molecule has 18 heavy (non-hydrogen) atoms. The van der Waals surface area contributed by atoms with Crippen LogP contribution in [0.25, 0.3) is 0 Å². The SMILES string of the molecule is CC.CCc1ccc2c(c1)CN(C(=O)CO)CC2. The number of nitrogens with zero attached hydrogens (tertiary/aromatic N) is 1. The Morgan fingerprint density at radius 2 is 2.06 bits per heavy atom. The molecule has 0 spiro atoms. The molecular weight excluding hydrogens is 226 g/mol. The average molecular weight is 249 g/mol. The van der Waals surface area contributed by atoms with Crippen molar-refractivity contribution >= 4 is 5.91 Å². The second-order valence-electron chi connectivity index (χ2n) is 4.18. The van der Waals surface area contributed by atoms with Crippen molar-refractivity contribution in [2.45, 2.75) is 40.2 Å². The van der Waals surface area contributed by atoms with Crippen LogP contribution in [0, 0.1) is 0 Å². The maximum Gasteiger partial charge on any atom is 0.248 e. The fraction of sp³-hybridized carbons (Fsp3) is 0.533. The minimum Gasteiger partial charge on any atom is -0.387 e. The van der Waals surface area contributed by atoms with Gasteiger partial charge in [-0.05, 0) is 29.5 Å². The van der Waals surface area contributed by atoms with E-state index in [4.69, 9.17) is 5.11 Å². The van der Waals surface area contributed by atoms with Gasteiger partial charge in [0.15, 0.2) is 0 Å². The first-order valence-corrected chi connectivity index (χ1v) is 6.74. The molecule has 1 heterocycles. The molecule has 1 amide bonds. The Labute approximate surface area is 109 Å². The fourth-order valence-electron chi connectivity index (χ4n) is 2.14. The van der Waals surface area contributed by atoms with Gasteiger partial charge in [-0.2, -0.15) is 0 Å². The zero-order valence-corrected chi connectivity index (χ0v) is 11.6. The molecule has 1 aromatic carbocycles. The average Bonchev–Trinajstić information content (AvgIpc) is 2.47. The van der Waals surface area contributed by atoms with Gasteiger partial charge >= 0.3 is 0 Å². The molecule has 1 N–H and O–H groups in total. The maximum absolute atomic E-state index is 11.4. The molecule has 0 aromatic heterocycles. The molecule has 3 nitrogen and oxygen atoms in total. The van der Waals surface area contributed by atoms with E-state index in [1.165, 1.54) is 16.7 Å². The summed E-state index contributed by atoms with van der Waals surface area (Å²) in [6.07, 6.45) is 1.91. The van der Waals surface area contributed by atoms with Gasteiger partial charge in [-0.3, -0.25) is 4.79 Å². The highest BCUT2D eigenvalue weighted by Crippen LogP contribution is 2.20. The fourth-order valence-corrected chi connectivity index (χ4v) is 2.14. The number of aliphatic hydroxyl groups excluding tert-OH is 1. The monoisotopic (exact) mass is 249 g/mol. The third-order valence-corrected chi connectivity index (χ3v) is 3.18. The lowest BCUT2D eigenvalue weighted by Gasteiger charge is -2.28. The Balaban J connectivity index is 0.000000771. The Kier molecular flexibility index (Phi) is 5.86. The van der Waals surface area contributed by atoms with Crippen molar-refractivity contribution in [3.8, 4) is 0 Å². The number of aryl methyl sites for hydroxylation is 1. The van der Waals surface area contributed by atoms with E-state index < -0.39 is 0 Å². The molecule has 0 bridgehead atoms. The first-order chi connectivity index (χ1) is 8.74. The highest BCUT2D eigenvalue weighted by atomic mass is 16.3. The van der Waals surface area contributed by atoms with Crippen molar-refractivity contribution in [1.29, 1.82) is 0 Å². The van der Waals surface area contributed by atoms with Gasteiger partial charge in [0.05, 0.1) is 0 Å². The molecule has 3 heteroatoms. The van der Waals surface area contributed by atoms with Gasteiger partial charge in [0.2, 0.25) is 5.91 Å². The zero-order valence-electron chi connectivity index (χ0n) is 11.6. The van der Waals surface area contributed by atoms with E-state index in [1.807, 2.05) is 13.8 Å².